The minimum Gasteiger partial charge on any atom is -0.286 e. The summed E-state index contributed by atoms with van der Waals surface area (Å²) in [4.78, 5) is 17.4. The van der Waals surface area contributed by atoms with Crippen LogP contribution in [-0.2, 0) is 0 Å². The van der Waals surface area contributed by atoms with Gasteiger partial charge in [-0.15, -0.1) is 11.3 Å². The van der Waals surface area contributed by atoms with Gasteiger partial charge in [-0.3, -0.25) is 4.79 Å². The fourth-order valence-corrected chi connectivity index (χ4v) is 1.21. The second-order valence-corrected chi connectivity index (χ2v) is 2.97. The maximum atomic E-state index is 10.8. The summed E-state index contributed by atoms with van der Waals surface area (Å²) in [6.07, 6.45) is 1.40. The second-order valence-electron chi connectivity index (χ2n) is 1.74. The number of aromatic nitrogens is 1. The number of thiazole rings is 1. The Morgan fingerprint density at radius 3 is 3.09 bits per heavy atom. The Labute approximate surface area is 66.3 Å². The summed E-state index contributed by atoms with van der Waals surface area (Å²) >= 11 is 1.21. The third kappa shape index (κ3) is 1.76. The summed E-state index contributed by atoms with van der Waals surface area (Å²) < 4.78 is 0. The van der Waals surface area contributed by atoms with Crippen LogP contribution in [0.3, 0.4) is 0 Å². The molecule has 0 fully saturated rings. The van der Waals surface area contributed by atoms with Gasteiger partial charge < -0.3 is 0 Å². The summed E-state index contributed by atoms with van der Waals surface area (Å²) in [7, 11) is 0. The molecule has 1 aromatic heterocycles. The first kappa shape index (κ1) is 7.71. The molecular formula is C5H4N4OS. The Kier molecular flexibility index (Phi) is 2.20. The lowest BCUT2D eigenvalue weighted by molar-refractivity contribution is 0.100. The second kappa shape index (κ2) is 3.14. The van der Waals surface area contributed by atoms with Gasteiger partial charge in [-0.25, -0.2) is 4.98 Å². The topological polar surface area (TPSA) is 78.7 Å². The van der Waals surface area contributed by atoms with E-state index >= 15 is 0 Å². The van der Waals surface area contributed by atoms with E-state index in [0.29, 0.717) is 4.88 Å². The van der Waals surface area contributed by atoms with E-state index in [1.165, 1.54) is 17.5 Å². The van der Waals surface area contributed by atoms with Gasteiger partial charge in [-0.1, -0.05) is 0 Å². The van der Waals surface area contributed by atoms with Crippen molar-refractivity contribution in [3.63, 3.8) is 0 Å². The third-order valence-corrected chi connectivity index (χ3v) is 1.87. The Hall–Kier alpha value is -1.39. The normalized spacial score (nSPS) is 8.82. The van der Waals surface area contributed by atoms with Gasteiger partial charge in [-0.2, -0.15) is 0 Å². The zero-order valence-electron chi connectivity index (χ0n) is 5.68. The lowest BCUT2D eigenvalue weighted by Gasteiger charge is -1.79. The molecule has 0 bridgehead atoms. The lowest BCUT2D eigenvalue weighted by Crippen LogP contribution is -1.86. The van der Waals surface area contributed by atoms with Crippen LogP contribution >= 0.6 is 11.3 Å². The number of aryl methyl sites for hydroxylation is 1. The van der Waals surface area contributed by atoms with Crippen LogP contribution in [0, 0.1) is 6.92 Å². The molecule has 1 aromatic rings. The maximum Gasteiger partial charge on any atom is 0.260 e. The van der Waals surface area contributed by atoms with Crippen molar-refractivity contribution in [3.8, 4) is 0 Å². The number of carbonyl (C=O) groups is 1. The predicted octanol–water partition coefficient (Wildman–Crippen LogP) is 1.90. The van der Waals surface area contributed by atoms with Crippen LogP contribution in [0.15, 0.2) is 11.3 Å². The van der Waals surface area contributed by atoms with E-state index in [1.807, 2.05) is 0 Å². The van der Waals surface area contributed by atoms with Gasteiger partial charge in [0.2, 0.25) is 0 Å². The van der Waals surface area contributed by atoms with Crippen LogP contribution in [0.25, 0.3) is 10.4 Å². The molecular weight excluding hydrogens is 164 g/mol. The van der Waals surface area contributed by atoms with Gasteiger partial charge in [0.05, 0.1) is 9.88 Å². The molecule has 5 nitrogen and oxygen atoms in total. The monoisotopic (exact) mass is 168 g/mol. The fourth-order valence-electron chi connectivity index (χ4n) is 0.550. The van der Waals surface area contributed by atoms with Gasteiger partial charge in [0.15, 0.2) is 0 Å². The molecule has 1 amide bonds. The van der Waals surface area contributed by atoms with Crippen molar-refractivity contribution in [2.45, 2.75) is 6.92 Å². The van der Waals surface area contributed by atoms with Gasteiger partial charge in [0.25, 0.3) is 5.91 Å². The molecule has 0 spiro atoms. The highest BCUT2D eigenvalue weighted by atomic mass is 32.1. The molecule has 0 aliphatic rings. The number of nitrogens with zero attached hydrogens (tertiary/aromatic N) is 4. The van der Waals surface area contributed by atoms with Crippen molar-refractivity contribution in [1.29, 1.82) is 0 Å². The van der Waals surface area contributed by atoms with E-state index in [-0.39, 0.29) is 0 Å². The molecule has 0 atom stereocenters. The van der Waals surface area contributed by atoms with E-state index in [0.717, 1.165) is 5.01 Å². The predicted molar refractivity (Wildman–Crippen MR) is 40.3 cm³/mol. The van der Waals surface area contributed by atoms with Crippen LogP contribution < -0.4 is 0 Å². The highest BCUT2D eigenvalue weighted by Gasteiger charge is 2.05. The quantitative estimate of drug-likeness (QED) is 0.364. The highest BCUT2D eigenvalue weighted by Crippen LogP contribution is 2.12. The summed E-state index contributed by atoms with van der Waals surface area (Å²) in [5, 5.41) is 3.70. The number of rotatable bonds is 1. The van der Waals surface area contributed by atoms with Crippen molar-refractivity contribution < 1.29 is 4.79 Å². The molecule has 0 aromatic carbocycles. The fraction of sp³-hybridized carbons (Fsp3) is 0.200. The molecule has 11 heavy (non-hydrogen) atoms. The van der Waals surface area contributed by atoms with Gasteiger partial charge >= 0.3 is 0 Å². The molecule has 56 valence electrons. The van der Waals surface area contributed by atoms with Gasteiger partial charge in [0, 0.05) is 11.1 Å². The average Bonchev–Trinajstić information content (AvgIpc) is 2.36. The molecule has 0 saturated carbocycles. The van der Waals surface area contributed by atoms with Crippen LogP contribution in [-0.4, -0.2) is 10.9 Å². The number of amides is 1. The SMILES string of the molecule is Cc1ncc(C(=O)N=[N+]=[N-])s1. The molecule has 0 aliphatic carbocycles. The average molecular weight is 168 g/mol. The van der Waals surface area contributed by atoms with Crippen LogP contribution in [0.1, 0.15) is 14.7 Å². The molecule has 6 heteroatoms. The number of hydrogen-bond acceptors (Lipinski definition) is 3. The van der Waals surface area contributed by atoms with Crippen LogP contribution in [0.5, 0.6) is 0 Å². The molecule has 0 unspecified atom stereocenters. The smallest absolute Gasteiger partial charge is 0.260 e. The van der Waals surface area contributed by atoms with Crippen molar-refractivity contribution in [2.75, 3.05) is 0 Å². The van der Waals surface area contributed by atoms with Gasteiger partial charge in [-0.05, 0) is 17.6 Å². The lowest BCUT2D eigenvalue weighted by atomic mass is 10.5. The standard InChI is InChI=1S/C5H4N4OS/c1-3-7-2-4(11-3)5(10)8-9-6/h2H,1H3. The summed E-state index contributed by atoms with van der Waals surface area (Å²) in [6.45, 7) is 1.78. The first-order valence-corrected chi connectivity index (χ1v) is 3.57. The van der Waals surface area contributed by atoms with Crippen molar-refractivity contribution in [1.82, 2.24) is 4.98 Å². The van der Waals surface area contributed by atoms with Crippen molar-refractivity contribution >= 4 is 17.2 Å². The zero-order chi connectivity index (χ0) is 8.27. The summed E-state index contributed by atoms with van der Waals surface area (Å²) in [5.74, 6) is -0.571. The minimum atomic E-state index is -0.571. The third-order valence-electron chi connectivity index (χ3n) is 0.968. The number of carbonyl (C=O) groups excluding carboxylic acids is 1. The Bertz CT molecular complexity index is 325. The minimum absolute atomic E-state index is 0.375. The zero-order valence-corrected chi connectivity index (χ0v) is 6.50. The van der Waals surface area contributed by atoms with Crippen LogP contribution in [0.4, 0.5) is 0 Å². The van der Waals surface area contributed by atoms with Crippen LogP contribution in [0.2, 0.25) is 0 Å². The Balaban J connectivity index is 2.93. The summed E-state index contributed by atoms with van der Waals surface area (Å²) in [5.41, 5.74) is 7.93. The Morgan fingerprint density at radius 2 is 2.64 bits per heavy atom. The van der Waals surface area contributed by atoms with E-state index < -0.39 is 5.91 Å². The van der Waals surface area contributed by atoms with E-state index in [9.17, 15) is 4.79 Å². The largest absolute Gasteiger partial charge is 0.286 e. The molecule has 0 saturated heterocycles. The van der Waals surface area contributed by atoms with Gasteiger partial charge in [0.1, 0.15) is 0 Å². The first-order valence-electron chi connectivity index (χ1n) is 2.76. The highest BCUT2D eigenvalue weighted by molar-refractivity contribution is 7.13. The maximum absolute atomic E-state index is 10.8. The number of hydrogen-bond donors (Lipinski definition) is 0. The van der Waals surface area contributed by atoms with E-state index in [2.05, 4.69) is 15.0 Å². The first-order chi connectivity index (χ1) is 5.24. The molecule has 1 rings (SSSR count). The summed E-state index contributed by atoms with van der Waals surface area (Å²) in [6, 6.07) is 0. The van der Waals surface area contributed by atoms with Crippen molar-refractivity contribution in [2.24, 2.45) is 5.11 Å². The molecule has 0 aliphatic heterocycles. The van der Waals surface area contributed by atoms with E-state index in [1.54, 1.807) is 6.92 Å². The molecule has 0 N–H and O–H groups in total. The number of azide groups is 1. The van der Waals surface area contributed by atoms with Crippen molar-refractivity contribution in [3.05, 3.63) is 26.5 Å². The Morgan fingerprint density at radius 1 is 1.91 bits per heavy atom. The van der Waals surface area contributed by atoms with E-state index in [4.69, 9.17) is 5.53 Å². The molecule has 0 radical (unpaired) electrons. The molecule has 1 heterocycles.